The molecule has 0 fully saturated rings. The number of nitrogens with one attached hydrogen (secondary N) is 1. The third-order valence-electron chi connectivity index (χ3n) is 4.12. The van der Waals surface area contributed by atoms with Gasteiger partial charge < -0.3 is 19.1 Å². The van der Waals surface area contributed by atoms with Crippen molar-refractivity contribution in [2.45, 2.75) is 20.1 Å². The van der Waals surface area contributed by atoms with E-state index in [9.17, 15) is 0 Å². The average molecular weight is 351 g/mol. The number of H-pyrrole nitrogens is 1. The molecule has 0 saturated heterocycles. The molecule has 2 aromatic heterocycles. The van der Waals surface area contributed by atoms with Gasteiger partial charge in [0.2, 0.25) is 0 Å². The van der Waals surface area contributed by atoms with Gasteiger partial charge in [0.1, 0.15) is 23.9 Å². The van der Waals surface area contributed by atoms with E-state index in [0.29, 0.717) is 13.2 Å². The van der Waals surface area contributed by atoms with Gasteiger partial charge in [0.05, 0.1) is 18.9 Å². The molecule has 0 spiro atoms. The Bertz CT molecular complexity index is 871. The van der Waals surface area contributed by atoms with Crippen molar-refractivity contribution in [3.05, 3.63) is 71.9 Å². The summed E-state index contributed by atoms with van der Waals surface area (Å²) in [5.41, 5.74) is 1.77. The van der Waals surface area contributed by atoms with Crippen molar-refractivity contribution in [2.24, 2.45) is 0 Å². The number of para-hydroxylation sites is 1. The lowest BCUT2D eigenvalue weighted by Gasteiger charge is -2.32. The molecule has 3 heterocycles. The van der Waals surface area contributed by atoms with E-state index in [4.69, 9.17) is 9.26 Å². The molecule has 1 N–H and O–H groups in total. The molecule has 0 radical (unpaired) electrons. The number of aromatic amines is 1. The smallest absolute Gasteiger partial charge is 0.156 e. The van der Waals surface area contributed by atoms with E-state index in [0.717, 1.165) is 41.9 Å². The SMILES string of the molecule is Cc1cc(CN2C=CCN(c3cc(COc4ccccc4)n[nH]3)C2)on1. The first-order valence-electron chi connectivity index (χ1n) is 8.56. The Morgan fingerprint density at radius 3 is 2.92 bits per heavy atom. The molecule has 7 heteroatoms. The highest BCUT2D eigenvalue weighted by atomic mass is 16.5. The summed E-state index contributed by atoms with van der Waals surface area (Å²) in [4.78, 5) is 4.38. The predicted octanol–water partition coefficient (Wildman–Crippen LogP) is 3.08. The molecule has 0 aliphatic carbocycles. The lowest BCUT2D eigenvalue weighted by molar-refractivity contribution is 0.289. The molecule has 1 aliphatic heterocycles. The Morgan fingerprint density at radius 1 is 1.23 bits per heavy atom. The third-order valence-corrected chi connectivity index (χ3v) is 4.12. The number of aryl methyl sites for hydroxylation is 1. The Morgan fingerprint density at radius 2 is 2.12 bits per heavy atom. The van der Waals surface area contributed by atoms with Crippen molar-refractivity contribution >= 4 is 5.82 Å². The molecule has 0 amide bonds. The molecule has 3 aromatic rings. The summed E-state index contributed by atoms with van der Waals surface area (Å²) in [6.07, 6.45) is 4.21. The number of hydrogen-bond acceptors (Lipinski definition) is 6. The highest BCUT2D eigenvalue weighted by Crippen LogP contribution is 2.19. The van der Waals surface area contributed by atoms with Gasteiger partial charge in [-0.2, -0.15) is 5.10 Å². The second-order valence-corrected chi connectivity index (χ2v) is 6.28. The van der Waals surface area contributed by atoms with Crippen LogP contribution in [0.25, 0.3) is 0 Å². The van der Waals surface area contributed by atoms with Crippen LogP contribution in [0.15, 0.2) is 59.3 Å². The van der Waals surface area contributed by atoms with E-state index in [1.54, 1.807) is 0 Å². The standard InChI is InChI=1S/C19H21N5O2/c1-15-10-18(26-22-15)12-23-8-5-9-24(14-23)19-11-16(20-21-19)13-25-17-6-3-2-4-7-17/h2-8,10-11H,9,12-14H2,1H3,(H,20,21). The summed E-state index contributed by atoms with van der Waals surface area (Å²) in [6.45, 7) is 4.62. The molecule has 0 unspecified atom stereocenters. The first kappa shape index (κ1) is 16.3. The maximum Gasteiger partial charge on any atom is 0.156 e. The lowest BCUT2D eigenvalue weighted by Crippen LogP contribution is -2.38. The van der Waals surface area contributed by atoms with Crippen molar-refractivity contribution in [1.29, 1.82) is 0 Å². The molecule has 0 atom stereocenters. The quantitative estimate of drug-likeness (QED) is 0.736. The van der Waals surface area contributed by atoms with Gasteiger partial charge in [-0.05, 0) is 31.3 Å². The summed E-state index contributed by atoms with van der Waals surface area (Å²) >= 11 is 0. The van der Waals surface area contributed by atoms with Crippen LogP contribution in [0.3, 0.4) is 0 Å². The molecule has 0 saturated carbocycles. The molecule has 1 aliphatic rings. The number of hydrogen-bond donors (Lipinski definition) is 1. The Kier molecular flexibility index (Phi) is 4.59. The summed E-state index contributed by atoms with van der Waals surface area (Å²) < 4.78 is 11.1. The summed E-state index contributed by atoms with van der Waals surface area (Å²) in [7, 11) is 0. The Hall–Kier alpha value is -3.22. The minimum Gasteiger partial charge on any atom is -0.487 e. The number of rotatable bonds is 6. The van der Waals surface area contributed by atoms with Gasteiger partial charge in [0.25, 0.3) is 0 Å². The fourth-order valence-corrected chi connectivity index (χ4v) is 2.88. The first-order chi connectivity index (χ1) is 12.8. The zero-order chi connectivity index (χ0) is 17.8. The van der Waals surface area contributed by atoms with Gasteiger partial charge in [0.15, 0.2) is 5.76 Å². The zero-order valence-electron chi connectivity index (χ0n) is 14.6. The number of aromatic nitrogens is 3. The maximum absolute atomic E-state index is 5.75. The number of nitrogens with zero attached hydrogens (tertiary/aromatic N) is 4. The van der Waals surface area contributed by atoms with Crippen LogP contribution in [0, 0.1) is 6.92 Å². The minimum absolute atomic E-state index is 0.436. The predicted molar refractivity (Wildman–Crippen MR) is 97.5 cm³/mol. The average Bonchev–Trinajstić information content (AvgIpc) is 3.30. The van der Waals surface area contributed by atoms with Crippen LogP contribution in [0.1, 0.15) is 17.1 Å². The maximum atomic E-state index is 5.75. The highest BCUT2D eigenvalue weighted by molar-refractivity contribution is 5.41. The highest BCUT2D eigenvalue weighted by Gasteiger charge is 2.17. The van der Waals surface area contributed by atoms with E-state index >= 15 is 0 Å². The summed E-state index contributed by atoms with van der Waals surface area (Å²) in [5, 5.41) is 11.4. The van der Waals surface area contributed by atoms with E-state index < -0.39 is 0 Å². The van der Waals surface area contributed by atoms with Crippen molar-refractivity contribution < 1.29 is 9.26 Å². The van der Waals surface area contributed by atoms with Crippen molar-refractivity contribution in [3.8, 4) is 5.75 Å². The summed E-state index contributed by atoms with van der Waals surface area (Å²) in [6, 6.07) is 13.7. The van der Waals surface area contributed by atoms with Crippen LogP contribution < -0.4 is 9.64 Å². The summed E-state index contributed by atoms with van der Waals surface area (Å²) in [5.74, 6) is 2.67. The fourth-order valence-electron chi connectivity index (χ4n) is 2.88. The van der Waals surface area contributed by atoms with E-state index in [1.807, 2.05) is 49.4 Å². The van der Waals surface area contributed by atoms with Crippen LogP contribution in [0.5, 0.6) is 5.75 Å². The molecule has 134 valence electrons. The normalized spacial score (nSPS) is 14.0. The largest absolute Gasteiger partial charge is 0.487 e. The molecule has 1 aromatic carbocycles. The second kappa shape index (κ2) is 7.35. The van der Waals surface area contributed by atoms with Crippen molar-refractivity contribution in [1.82, 2.24) is 20.3 Å². The van der Waals surface area contributed by atoms with Crippen molar-refractivity contribution in [3.63, 3.8) is 0 Å². The van der Waals surface area contributed by atoms with Crippen LogP contribution in [0.2, 0.25) is 0 Å². The number of benzene rings is 1. The number of ether oxygens (including phenoxy) is 1. The molecule has 7 nitrogen and oxygen atoms in total. The molecule has 0 bridgehead atoms. The van der Waals surface area contributed by atoms with Gasteiger partial charge in [-0.3, -0.25) is 5.10 Å². The Balaban J connectivity index is 1.35. The first-order valence-corrected chi connectivity index (χ1v) is 8.56. The molecule has 26 heavy (non-hydrogen) atoms. The van der Waals surface area contributed by atoms with E-state index in [1.165, 1.54) is 0 Å². The third kappa shape index (κ3) is 3.88. The van der Waals surface area contributed by atoms with Crippen LogP contribution in [-0.2, 0) is 13.2 Å². The monoisotopic (exact) mass is 351 g/mol. The Labute approximate surface area is 151 Å². The molecular weight excluding hydrogens is 330 g/mol. The topological polar surface area (TPSA) is 70.4 Å². The van der Waals surface area contributed by atoms with Crippen LogP contribution >= 0.6 is 0 Å². The van der Waals surface area contributed by atoms with Crippen LogP contribution in [-0.4, -0.2) is 33.5 Å². The van der Waals surface area contributed by atoms with Gasteiger partial charge in [-0.15, -0.1) is 0 Å². The second-order valence-electron chi connectivity index (χ2n) is 6.28. The molecule has 4 rings (SSSR count). The minimum atomic E-state index is 0.436. The van der Waals surface area contributed by atoms with E-state index in [2.05, 4.69) is 37.4 Å². The fraction of sp³-hybridized carbons (Fsp3) is 0.263. The van der Waals surface area contributed by atoms with Crippen LogP contribution in [0.4, 0.5) is 5.82 Å². The lowest BCUT2D eigenvalue weighted by atomic mass is 10.3. The zero-order valence-corrected chi connectivity index (χ0v) is 14.6. The molecular formula is C19H21N5O2. The van der Waals surface area contributed by atoms with Gasteiger partial charge in [-0.1, -0.05) is 23.4 Å². The van der Waals surface area contributed by atoms with E-state index in [-0.39, 0.29) is 0 Å². The van der Waals surface area contributed by atoms with Gasteiger partial charge in [-0.25, -0.2) is 0 Å². The van der Waals surface area contributed by atoms with Gasteiger partial charge in [0, 0.05) is 18.7 Å². The van der Waals surface area contributed by atoms with Crippen molar-refractivity contribution in [2.75, 3.05) is 18.1 Å². The number of anilines is 1. The van der Waals surface area contributed by atoms with Gasteiger partial charge >= 0.3 is 0 Å².